The van der Waals surface area contributed by atoms with E-state index >= 15 is 0 Å². The number of hydrogen-bond donors (Lipinski definition) is 0. The van der Waals surface area contributed by atoms with Crippen LogP contribution in [0.1, 0.15) is 47.5 Å². The summed E-state index contributed by atoms with van der Waals surface area (Å²) in [7, 11) is -1.75. The van der Waals surface area contributed by atoms with Gasteiger partial charge in [0.15, 0.2) is 8.32 Å². The number of hydrogen-bond acceptors (Lipinski definition) is 2. The van der Waals surface area contributed by atoms with Gasteiger partial charge in [-0.3, -0.25) is 0 Å². The van der Waals surface area contributed by atoms with Gasteiger partial charge in [-0.05, 0) is 36.4 Å². The lowest BCUT2D eigenvalue weighted by atomic mass is 9.66. The van der Waals surface area contributed by atoms with Crippen molar-refractivity contribution in [2.75, 3.05) is 0 Å². The third-order valence-corrected chi connectivity index (χ3v) is 9.46. The molecule has 1 rings (SSSR count). The lowest BCUT2D eigenvalue weighted by molar-refractivity contribution is -0.114. The molecule has 1 aliphatic carbocycles. The highest BCUT2D eigenvalue weighted by Crippen LogP contribution is 2.46. The normalized spacial score (nSPS) is 28.3. The molecule has 0 aliphatic heterocycles. The summed E-state index contributed by atoms with van der Waals surface area (Å²) in [6.07, 6.45) is 3.06. The standard InChI is InChI=1S/C16H30O2Si/c1-12-9-13(10-16(5,6)14(12)11-17)18-19(7,8)15(2,3)4/h11,13-14H,1,9-10H2,2-8H3. The Balaban J connectivity index is 2.84. The minimum atomic E-state index is -1.75. The Morgan fingerprint density at radius 2 is 1.89 bits per heavy atom. The lowest BCUT2D eigenvalue weighted by Gasteiger charge is -2.46. The van der Waals surface area contributed by atoms with E-state index in [0.29, 0.717) is 0 Å². The first-order chi connectivity index (χ1) is 8.40. The molecule has 0 aromatic carbocycles. The van der Waals surface area contributed by atoms with Gasteiger partial charge in [0.1, 0.15) is 6.29 Å². The molecule has 0 saturated heterocycles. The fraction of sp³-hybridized carbons (Fsp3) is 0.812. The maximum absolute atomic E-state index is 11.2. The first-order valence-corrected chi connectivity index (χ1v) is 10.1. The van der Waals surface area contributed by atoms with E-state index in [-0.39, 0.29) is 22.5 Å². The molecular weight excluding hydrogens is 252 g/mol. The average Bonchev–Trinajstić information content (AvgIpc) is 2.12. The van der Waals surface area contributed by atoms with Gasteiger partial charge in [-0.15, -0.1) is 0 Å². The van der Waals surface area contributed by atoms with Gasteiger partial charge >= 0.3 is 0 Å². The molecule has 0 heterocycles. The van der Waals surface area contributed by atoms with E-state index in [9.17, 15) is 4.79 Å². The van der Waals surface area contributed by atoms with Gasteiger partial charge in [0.25, 0.3) is 0 Å². The molecule has 1 aliphatic rings. The van der Waals surface area contributed by atoms with Gasteiger partial charge in [0, 0.05) is 12.0 Å². The predicted octanol–water partition coefficient (Wildman–Crippen LogP) is 4.57. The van der Waals surface area contributed by atoms with E-state index in [1.54, 1.807) is 0 Å². The molecule has 2 unspecified atom stereocenters. The summed E-state index contributed by atoms with van der Waals surface area (Å²) in [5.74, 6) is -0.0215. The van der Waals surface area contributed by atoms with Crippen LogP contribution in [0.3, 0.4) is 0 Å². The quantitative estimate of drug-likeness (QED) is 0.430. The molecular formula is C16H30O2Si. The van der Waals surface area contributed by atoms with E-state index < -0.39 is 8.32 Å². The van der Waals surface area contributed by atoms with Crippen molar-refractivity contribution in [2.45, 2.75) is 71.7 Å². The zero-order chi connectivity index (χ0) is 15.1. The highest BCUT2D eigenvalue weighted by molar-refractivity contribution is 6.74. The summed E-state index contributed by atoms with van der Waals surface area (Å²) >= 11 is 0. The van der Waals surface area contributed by atoms with Crippen LogP contribution in [0.2, 0.25) is 18.1 Å². The van der Waals surface area contributed by atoms with Crippen LogP contribution in [0, 0.1) is 11.3 Å². The van der Waals surface area contributed by atoms with E-state index in [1.165, 1.54) is 0 Å². The van der Waals surface area contributed by atoms with E-state index in [1.807, 2.05) is 0 Å². The average molecular weight is 282 g/mol. The molecule has 1 fully saturated rings. The van der Waals surface area contributed by atoms with Crippen LogP contribution < -0.4 is 0 Å². The molecule has 3 heteroatoms. The number of aldehydes is 1. The third kappa shape index (κ3) is 3.57. The molecule has 19 heavy (non-hydrogen) atoms. The first-order valence-electron chi connectivity index (χ1n) is 7.21. The second kappa shape index (κ2) is 5.17. The Hall–Kier alpha value is -0.413. The summed E-state index contributed by atoms with van der Waals surface area (Å²) in [5, 5.41) is 0.222. The minimum Gasteiger partial charge on any atom is -0.414 e. The second-order valence-electron chi connectivity index (χ2n) is 8.17. The Morgan fingerprint density at radius 3 is 2.26 bits per heavy atom. The molecule has 2 atom stereocenters. The maximum atomic E-state index is 11.2. The molecule has 0 aromatic heterocycles. The van der Waals surface area contributed by atoms with Gasteiger partial charge in [-0.2, -0.15) is 0 Å². The fourth-order valence-corrected chi connectivity index (χ4v) is 4.07. The molecule has 0 spiro atoms. The molecule has 0 aromatic rings. The van der Waals surface area contributed by atoms with Gasteiger partial charge < -0.3 is 9.22 Å². The van der Waals surface area contributed by atoms with Gasteiger partial charge in [0.05, 0.1) is 0 Å². The van der Waals surface area contributed by atoms with E-state index in [0.717, 1.165) is 24.7 Å². The van der Waals surface area contributed by atoms with Crippen LogP contribution in [0.15, 0.2) is 12.2 Å². The highest BCUT2D eigenvalue weighted by Gasteiger charge is 2.44. The van der Waals surface area contributed by atoms with Crippen molar-refractivity contribution in [3.05, 3.63) is 12.2 Å². The van der Waals surface area contributed by atoms with Gasteiger partial charge in [0.2, 0.25) is 0 Å². The van der Waals surface area contributed by atoms with E-state index in [2.05, 4.69) is 54.3 Å². The summed E-state index contributed by atoms with van der Waals surface area (Å²) in [5.41, 5.74) is 0.999. The molecule has 2 nitrogen and oxygen atoms in total. The molecule has 110 valence electrons. The van der Waals surface area contributed by atoms with Crippen molar-refractivity contribution >= 4 is 14.6 Å². The Labute approximate surface area is 119 Å². The van der Waals surface area contributed by atoms with Crippen molar-refractivity contribution in [2.24, 2.45) is 11.3 Å². The third-order valence-electron chi connectivity index (χ3n) is 4.93. The number of carbonyl (C=O) groups is 1. The van der Waals surface area contributed by atoms with Crippen molar-refractivity contribution in [1.82, 2.24) is 0 Å². The van der Waals surface area contributed by atoms with Crippen LogP contribution in [-0.2, 0) is 9.22 Å². The summed E-state index contributed by atoms with van der Waals surface area (Å²) in [4.78, 5) is 11.2. The molecule has 1 saturated carbocycles. The van der Waals surface area contributed by atoms with Crippen LogP contribution in [-0.4, -0.2) is 20.7 Å². The largest absolute Gasteiger partial charge is 0.414 e. The van der Waals surface area contributed by atoms with E-state index in [4.69, 9.17) is 4.43 Å². The van der Waals surface area contributed by atoms with Crippen molar-refractivity contribution in [3.8, 4) is 0 Å². The fourth-order valence-electron chi connectivity index (χ4n) is 2.72. The first kappa shape index (κ1) is 16.6. The van der Waals surface area contributed by atoms with Crippen LogP contribution in [0.5, 0.6) is 0 Å². The second-order valence-corrected chi connectivity index (χ2v) is 12.9. The van der Waals surface area contributed by atoms with Gasteiger partial charge in [-0.1, -0.05) is 46.8 Å². The topological polar surface area (TPSA) is 26.3 Å². The van der Waals surface area contributed by atoms with Crippen LogP contribution >= 0.6 is 0 Å². The van der Waals surface area contributed by atoms with Crippen molar-refractivity contribution in [1.29, 1.82) is 0 Å². The number of rotatable bonds is 3. The minimum absolute atomic E-state index is 0.0215. The highest BCUT2D eigenvalue weighted by atomic mass is 28.4. The van der Waals surface area contributed by atoms with Crippen LogP contribution in [0.4, 0.5) is 0 Å². The summed E-state index contributed by atoms with van der Waals surface area (Å²) < 4.78 is 6.50. The summed E-state index contributed by atoms with van der Waals surface area (Å²) in [6, 6.07) is 0. The lowest BCUT2D eigenvalue weighted by Crippen LogP contribution is -2.47. The molecule has 0 bridgehead atoms. The SMILES string of the molecule is C=C1CC(O[Si](C)(C)C(C)(C)C)CC(C)(C)C1C=O. The summed E-state index contributed by atoms with van der Waals surface area (Å²) in [6.45, 7) is 19.8. The zero-order valence-corrected chi connectivity index (χ0v) is 14.7. The molecule has 0 radical (unpaired) electrons. The molecule has 0 N–H and O–H groups in total. The monoisotopic (exact) mass is 282 g/mol. The predicted molar refractivity (Wildman–Crippen MR) is 83.8 cm³/mol. The zero-order valence-electron chi connectivity index (χ0n) is 13.7. The smallest absolute Gasteiger partial charge is 0.192 e. The Morgan fingerprint density at radius 1 is 1.37 bits per heavy atom. The molecule has 0 amide bonds. The maximum Gasteiger partial charge on any atom is 0.192 e. The Kier molecular flexibility index (Phi) is 4.53. The number of carbonyl (C=O) groups excluding carboxylic acids is 1. The van der Waals surface area contributed by atoms with Gasteiger partial charge in [-0.25, -0.2) is 0 Å². The van der Waals surface area contributed by atoms with Crippen molar-refractivity contribution in [3.63, 3.8) is 0 Å². The van der Waals surface area contributed by atoms with Crippen molar-refractivity contribution < 1.29 is 9.22 Å². The Bertz CT molecular complexity index is 363. The van der Waals surface area contributed by atoms with Crippen LogP contribution in [0.25, 0.3) is 0 Å².